The van der Waals surface area contributed by atoms with Crippen LogP contribution in [0.5, 0.6) is 0 Å². The minimum absolute atomic E-state index is 0.0892. The number of fused-ring (bicyclic) bond motifs is 1. The summed E-state index contributed by atoms with van der Waals surface area (Å²) in [5, 5.41) is 10.8. The average Bonchev–Trinajstić information content (AvgIpc) is 3.17. The second-order valence-electron chi connectivity index (χ2n) is 5.60. The van der Waals surface area contributed by atoms with Gasteiger partial charge in [-0.2, -0.15) is 5.26 Å². The molecule has 0 amide bonds. The molecule has 0 radical (unpaired) electrons. The van der Waals surface area contributed by atoms with Crippen LogP contribution in [0.3, 0.4) is 0 Å². The summed E-state index contributed by atoms with van der Waals surface area (Å²) in [6, 6.07) is 15.1. The van der Waals surface area contributed by atoms with Gasteiger partial charge in [0, 0.05) is 6.42 Å². The average molecular weight is 285 g/mol. The van der Waals surface area contributed by atoms with E-state index in [2.05, 4.69) is 6.07 Å². The SMILES string of the molecule is N#CCC1(CS(=O)(=O)c2ccc3ccccc3c2)CC1. The minimum atomic E-state index is -3.32. The maximum absolute atomic E-state index is 12.5. The summed E-state index contributed by atoms with van der Waals surface area (Å²) in [5.41, 5.74) is -0.292. The lowest BCUT2D eigenvalue weighted by atomic mass is 10.1. The van der Waals surface area contributed by atoms with Crippen LogP contribution in [0.4, 0.5) is 0 Å². The zero-order valence-electron chi connectivity index (χ0n) is 11.0. The fraction of sp³-hybridized carbons (Fsp3) is 0.312. The number of hydrogen-bond acceptors (Lipinski definition) is 3. The van der Waals surface area contributed by atoms with Crippen molar-refractivity contribution in [1.82, 2.24) is 0 Å². The highest BCUT2D eigenvalue weighted by atomic mass is 32.2. The molecule has 102 valence electrons. The van der Waals surface area contributed by atoms with Gasteiger partial charge in [-0.25, -0.2) is 8.42 Å². The Balaban J connectivity index is 1.95. The molecule has 2 aromatic rings. The van der Waals surface area contributed by atoms with Gasteiger partial charge in [-0.05, 0) is 41.2 Å². The molecule has 0 atom stereocenters. The molecule has 0 aromatic heterocycles. The van der Waals surface area contributed by atoms with Gasteiger partial charge in [0.15, 0.2) is 9.84 Å². The van der Waals surface area contributed by atoms with Crippen molar-refractivity contribution in [3.63, 3.8) is 0 Å². The summed E-state index contributed by atoms with van der Waals surface area (Å²) in [6.45, 7) is 0. The summed E-state index contributed by atoms with van der Waals surface area (Å²) < 4.78 is 25.0. The van der Waals surface area contributed by atoms with Crippen LogP contribution in [0.25, 0.3) is 10.8 Å². The van der Waals surface area contributed by atoms with Crippen molar-refractivity contribution in [2.45, 2.75) is 24.2 Å². The van der Waals surface area contributed by atoms with E-state index >= 15 is 0 Å². The van der Waals surface area contributed by atoms with Crippen LogP contribution in [0.15, 0.2) is 47.4 Å². The molecular formula is C16H15NO2S. The van der Waals surface area contributed by atoms with E-state index in [9.17, 15) is 8.42 Å². The van der Waals surface area contributed by atoms with Gasteiger partial charge in [-0.1, -0.05) is 30.3 Å². The maximum Gasteiger partial charge on any atom is 0.178 e. The van der Waals surface area contributed by atoms with E-state index in [1.54, 1.807) is 12.1 Å². The standard InChI is InChI=1S/C16H15NO2S/c17-10-9-16(7-8-16)12-20(18,19)15-6-5-13-3-1-2-4-14(13)11-15/h1-6,11H,7-9,12H2. The zero-order valence-corrected chi connectivity index (χ0v) is 11.9. The Morgan fingerprint density at radius 1 is 1.10 bits per heavy atom. The molecule has 0 aliphatic heterocycles. The van der Waals surface area contributed by atoms with Crippen LogP contribution >= 0.6 is 0 Å². The fourth-order valence-electron chi connectivity index (χ4n) is 2.56. The van der Waals surface area contributed by atoms with Crippen LogP contribution in [-0.2, 0) is 9.84 Å². The zero-order chi connectivity index (χ0) is 14.2. The molecule has 2 aromatic carbocycles. The van der Waals surface area contributed by atoms with Crippen molar-refractivity contribution in [3.8, 4) is 6.07 Å². The molecule has 20 heavy (non-hydrogen) atoms. The van der Waals surface area contributed by atoms with Crippen LogP contribution in [0, 0.1) is 16.7 Å². The second-order valence-corrected chi connectivity index (χ2v) is 7.59. The molecule has 4 heteroatoms. The molecule has 3 rings (SSSR count). The predicted octanol–water partition coefficient (Wildman–Crippen LogP) is 3.31. The summed E-state index contributed by atoms with van der Waals surface area (Å²) in [6.07, 6.45) is 2.01. The Bertz CT molecular complexity index is 799. The molecule has 0 bridgehead atoms. The van der Waals surface area contributed by atoms with Gasteiger partial charge in [0.1, 0.15) is 0 Å². The van der Waals surface area contributed by atoms with Crippen molar-refractivity contribution < 1.29 is 8.42 Å². The summed E-state index contributed by atoms with van der Waals surface area (Å²) in [4.78, 5) is 0.361. The quantitative estimate of drug-likeness (QED) is 0.866. The Morgan fingerprint density at radius 3 is 2.45 bits per heavy atom. The molecule has 0 N–H and O–H groups in total. The molecule has 1 fully saturated rings. The van der Waals surface area contributed by atoms with E-state index in [1.165, 1.54) is 0 Å². The number of hydrogen-bond donors (Lipinski definition) is 0. The molecule has 3 nitrogen and oxygen atoms in total. The van der Waals surface area contributed by atoms with Gasteiger partial charge in [0.25, 0.3) is 0 Å². The van der Waals surface area contributed by atoms with Crippen molar-refractivity contribution >= 4 is 20.6 Å². The third-order valence-electron chi connectivity index (χ3n) is 3.99. The first-order valence-electron chi connectivity index (χ1n) is 6.63. The van der Waals surface area contributed by atoms with Gasteiger partial charge in [0.05, 0.1) is 16.7 Å². The first-order valence-corrected chi connectivity index (χ1v) is 8.29. The third-order valence-corrected chi connectivity index (χ3v) is 5.95. The Labute approximate surface area is 118 Å². The van der Waals surface area contributed by atoms with Gasteiger partial charge < -0.3 is 0 Å². The number of benzene rings is 2. The number of nitriles is 1. The van der Waals surface area contributed by atoms with Crippen molar-refractivity contribution in [1.29, 1.82) is 5.26 Å². The van der Waals surface area contributed by atoms with Crippen molar-refractivity contribution in [3.05, 3.63) is 42.5 Å². The Kier molecular flexibility index (Phi) is 3.02. The first kappa shape index (κ1) is 13.1. The summed E-state index contributed by atoms with van der Waals surface area (Å²) in [5.74, 6) is 0.0892. The van der Waals surface area contributed by atoms with Gasteiger partial charge in [-0.3, -0.25) is 0 Å². The van der Waals surface area contributed by atoms with Crippen LogP contribution in [-0.4, -0.2) is 14.2 Å². The van der Waals surface area contributed by atoms with Crippen molar-refractivity contribution in [2.75, 3.05) is 5.75 Å². The molecule has 1 saturated carbocycles. The Hall–Kier alpha value is -1.86. The van der Waals surface area contributed by atoms with E-state index in [4.69, 9.17) is 5.26 Å². The second kappa shape index (κ2) is 4.60. The normalized spacial score (nSPS) is 16.8. The highest BCUT2D eigenvalue weighted by molar-refractivity contribution is 7.91. The lowest BCUT2D eigenvalue weighted by Gasteiger charge is -2.12. The van der Waals surface area contributed by atoms with Crippen molar-refractivity contribution in [2.24, 2.45) is 5.41 Å². The maximum atomic E-state index is 12.5. The number of rotatable bonds is 4. The molecule has 1 aliphatic carbocycles. The Morgan fingerprint density at radius 2 is 1.80 bits per heavy atom. The fourth-order valence-corrected chi connectivity index (χ4v) is 4.51. The number of sulfone groups is 1. The van der Waals surface area contributed by atoms with E-state index in [1.807, 2.05) is 30.3 Å². The molecule has 1 aliphatic rings. The highest BCUT2D eigenvalue weighted by Crippen LogP contribution is 2.50. The molecule has 0 unspecified atom stereocenters. The largest absolute Gasteiger partial charge is 0.224 e. The van der Waals surface area contributed by atoms with E-state index in [-0.39, 0.29) is 11.2 Å². The molecular weight excluding hydrogens is 270 g/mol. The highest BCUT2D eigenvalue weighted by Gasteiger charge is 2.46. The van der Waals surface area contributed by atoms with Gasteiger partial charge in [-0.15, -0.1) is 0 Å². The summed E-state index contributed by atoms with van der Waals surface area (Å²) >= 11 is 0. The lowest BCUT2D eigenvalue weighted by Crippen LogP contribution is -2.17. The number of nitrogens with zero attached hydrogens (tertiary/aromatic N) is 1. The van der Waals surface area contributed by atoms with Crippen LogP contribution in [0.2, 0.25) is 0 Å². The van der Waals surface area contributed by atoms with E-state index in [0.29, 0.717) is 11.3 Å². The topological polar surface area (TPSA) is 57.9 Å². The lowest BCUT2D eigenvalue weighted by molar-refractivity contribution is 0.548. The summed E-state index contributed by atoms with van der Waals surface area (Å²) in [7, 11) is -3.32. The van der Waals surface area contributed by atoms with Gasteiger partial charge in [0.2, 0.25) is 0 Å². The smallest absolute Gasteiger partial charge is 0.178 e. The predicted molar refractivity (Wildman–Crippen MR) is 77.9 cm³/mol. The van der Waals surface area contributed by atoms with Crippen LogP contribution < -0.4 is 0 Å². The molecule has 0 spiro atoms. The van der Waals surface area contributed by atoms with Crippen LogP contribution in [0.1, 0.15) is 19.3 Å². The first-order chi connectivity index (χ1) is 9.55. The molecule has 0 heterocycles. The monoisotopic (exact) mass is 285 g/mol. The third kappa shape index (κ3) is 2.41. The minimum Gasteiger partial charge on any atom is -0.224 e. The van der Waals surface area contributed by atoms with E-state index < -0.39 is 9.84 Å². The molecule has 0 saturated heterocycles. The van der Waals surface area contributed by atoms with E-state index in [0.717, 1.165) is 23.6 Å². The van der Waals surface area contributed by atoms with Gasteiger partial charge >= 0.3 is 0 Å².